The monoisotopic (exact) mass is 424 g/mol. The second-order valence-electron chi connectivity index (χ2n) is 8.43. The topological polar surface area (TPSA) is 110 Å². The van der Waals surface area contributed by atoms with Gasteiger partial charge in [-0.25, -0.2) is 0 Å². The summed E-state index contributed by atoms with van der Waals surface area (Å²) in [6, 6.07) is 11.5. The molecule has 2 fully saturated rings. The third kappa shape index (κ3) is 4.95. The number of rotatable bonds is 5. The summed E-state index contributed by atoms with van der Waals surface area (Å²) in [5, 5.41) is 4.13. The van der Waals surface area contributed by atoms with Gasteiger partial charge in [0.2, 0.25) is 17.6 Å². The van der Waals surface area contributed by atoms with E-state index in [1.165, 1.54) is 0 Å². The van der Waals surface area contributed by atoms with Crippen LogP contribution in [0.25, 0.3) is 0 Å². The second-order valence-corrected chi connectivity index (χ2v) is 8.43. The number of nitrogens with zero attached hydrogens (tertiary/aromatic N) is 3. The summed E-state index contributed by atoms with van der Waals surface area (Å²) < 4.78 is 5.34. The number of benzene rings is 1. The summed E-state index contributed by atoms with van der Waals surface area (Å²) in [5.41, 5.74) is 7.18. The van der Waals surface area contributed by atoms with Crippen molar-refractivity contribution in [1.29, 1.82) is 0 Å². The van der Waals surface area contributed by atoms with Gasteiger partial charge in [-0.1, -0.05) is 35.5 Å². The first kappa shape index (κ1) is 21.1. The van der Waals surface area contributed by atoms with E-state index in [9.17, 15) is 14.4 Å². The van der Waals surface area contributed by atoms with E-state index in [1.807, 2.05) is 35.2 Å². The van der Waals surface area contributed by atoms with E-state index in [1.54, 1.807) is 11.0 Å². The quantitative estimate of drug-likeness (QED) is 0.789. The van der Waals surface area contributed by atoms with Gasteiger partial charge in [0, 0.05) is 38.2 Å². The van der Waals surface area contributed by atoms with Crippen LogP contribution >= 0.6 is 0 Å². The minimum atomic E-state index is -0.371. The first-order chi connectivity index (χ1) is 15.0. The fourth-order valence-electron chi connectivity index (χ4n) is 4.44. The van der Waals surface area contributed by atoms with Crippen LogP contribution in [0.3, 0.4) is 0 Å². The molecule has 4 rings (SSSR count). The molecule has 1 atom stereocenters. The van der Waals surface area contributed by atoms with Crippen LogP contribution in [0.4, 0.5) is 0 Å². The molecule has 2 aliphatic rings. The van der Waals surface area contributed by atoms with Gasteiger partial charge < -0.3 is 20.1 Å². The number of piperidine rings is 2. The molecule has 0 unspecified atom stereocenters. The number of nitrogens with two attached hydrogens (primary N) is 1. The maximum Gasteiger partial charge on any atom is 0.292 e. The van der Waals surface area contributed by atoms with E-state index in [2.05, 4.69) is 5.16 Å². The number of aromatic nitrogens is 1. The third-order valence-electron chi connectivity index (χ3n) is 6.31. The average molecular weight is 425 g/mol. The standard InChI is InChI=1S/C23H28N4O4/c24-22(29)18-7-4-10-27(15-18)23(30)20-14-19(25-31-20)17-8-11-26(12-9-17)21(28)13-16-5-2-1-3-6-16/h1-3,5-6,14,17-18H,4,7-13,15H2,(H2,24,29)/t18-/m1/s1. The molecule has 2 N–H and O–H groups in total. The van der Waals surface area contributed by atoms with E-state index in [4.69, 9.17) is 10.3 Å². The van der Waals surface area contributed by atoms with Gasteiger partial charge in [-0.15, -0.1) is 0 Å². The Balaban J connectivity index is 1.31. The molecule has 164 valence electrons. The van der Waals surface area contributed by atoms with Gasteiger partial charge in [-0.3, -0.25) is 14.4 Å². The highest BCUT2D eigenvalue weighted by Crippen LogP contribution is 2.29. The lowest BCUT2D eigenvalue weighted by Gasteiger charge is -2.31. The zero-order valence-electron chi connectivity index (χ0n) is 17.5. The predicted molar refractivity (Wildman–Crippen MR) is 113 cm³/mol. The zero-order valence-corrected chi connectivity index (χ0v) is 17.5. The third-order valence-corrected chi connectivity index (χ3v) is 6.31. The predicted octanol–water partition coefficient (Wildman–Crippen LogP) is 1.96. The van der Waals surface area contributed by atoms with Gasteiger partial charge >= 0.3 is 0 Å². The molecule has 1 aromatic heterocycles. The Morgan fingerprint density at radius 2 is 1.77 bits per heavy atom. The van der Waals surface area contributed by atoms with E-state index in [-0.39, 0.29) is 35.3 Å². The first-order valence-electron chi connectivity index (χ1n) is 10.9. The molecular weight excluding hydrogens is 396 g/mol. The van der Waals surface area contributed by atoms with Crippen molar-refractivity contribution in [2.45, 2.75) is 38.0 Å². The highest BCUT2D eigenvalue weighted by atomic mass is 16.5. The van der Waals surface area contributed by atoms with Crippen LogP contribution < -0.4 is 5.73 Å². The Labute approximate surface area is 181 Å². The molecule has 8 heteroatoms. The van der Waals surface area contributed by atoms with Crippen LogP contribution in [0.5, 0.6) is 0 Å². The zero-order chi connectivity index (χ0) is 21.8. The van der Waals surface area contributed by atoms with Crippen molar-refractivity contribution in [1.82, 2.24) is 15.0 Å². The van der Waals surface area contributed by atoms with Gasteiger partial charge in [0.05, 0.1) is 18.0 Å². The lowest BCUT2D eigenvalue weighted by Crippen LogP contribution is -2.44. The molecule has 3 heterocycles. The fourth-order valence-corrected chi connectivity index (χ4v) is 4.44. The molecule has 0 radical (unpaired) electrons. The molecule has 2 saturated heterocycles. The number of amides is 3. The Bertz CT molecular complexity index is 934. The van der Waals surface area contributed by atoms with E-state index in [0.29, 0.717) is 39.0 Å². The molecule has 0 aliphatic carbocycles. The van der Waals surface area contributed by atoms with Crippen molar-refractivity contribution >= 4 is 17.7 Å². The van der Waals surface area contributed by atoms with Crippen molar-refractivity contribution < 1.29 is 18.9 Å². The molecule has 0 saturated carbocycles. The largest absolute Gasteiger partial charge is 0.369 e. The second kappa shape index (κ2) is 9.32. The van der Waals surface area contributed by atoms with Crippen LogP contribution in [0, 0.1) is 5.92 Å². The fraction of sp³-hybridized carbons (Fsp3) is 0.478. The molecule has 0 spiro atoms. The summed E-state index contributed by atoms with van der Waals surface area (Å²) in [7, 11) is 0. The molecule has 2 aliphatic heterocycles. The molecule has 31 heavy (non-hydrogen) atoms. The van der Waals surface area contributed by atoms with Gasteiger partial charge in [0.15, 0.2) is 0 Å². The van der Waals surface area contributed by atoms with Crippen LogP contribution in [0.2, 0.25) is 0 Å². The Hall–Kier alpha value is -3.16. The number of primary amides is 1. The first-order valence-corrected chi connectivity index (χ1v) is 10.9. The molecule has 0 bridgehead atoms. The van der Waals surface area contributed by atoms with Crippen molar-refractivity contribution in [2.24, 2.45) is 11.7 Å². The summed E-state index contributed by atoms with van der Waals surface area (Å²) in [4.78, 5) is 40.3. The van der Waals surface area contributed by atoms with Gasteiger partial charge in [0.1, 0.15) is 0 Å². The van der Waals surface area contributed by atoms with Gasteiger partial charge in [-0.2, -0.15) is 0 Å². The Morgan fingerprint density at radius 3 is 2.48 bits per heavy atom. The number of hydrogen-bond acceptors (Lipinski definition) is 5. The van der Waals surface area contributed by atoms with Crippen molar-refractivity contribution in [3.63, 3.8) is 0 Å². The van der Waals surface area contributed by atoms with Crippen LogP contribution in [0.15, 0.2) is 40.9 Å². The summed E-state index contributed by atoms with van der Waals surface area (Å²) in [6.45, 7) is 2.24. The normalized spacial score (nSPS) is 19.9. The number of carbonyl (C=O) groups is 3. The maximum absolute atomic E-state index is 12.8. The van der Waals surface area contributed by atoms with E-state index >= 15 is 0 Å². The number of hydrogen-bond donors (Lipinski definition) is 1. The number of carbonyl (C=O) groups excluding carboxylic acids is 3. The Morgan fingerprint density at radius 1 is 1.03 bits per heavy atom. The molecule has 2 aromatic rings. The molecule has 1 aromatic carbocycles. The van der Waals surface area contributed by atoms with Crippen molar-refractivity contribution in [3.8, 4) is 0 Å². The van der Waals surface area contributed by atoms with Crippen molar-refractivity contribution in [2.75, 3.05) is 26.2 Å². The number of likely N-dealkylation sites (tertiary alicyclic amines) is 2. The van der Waals surface area contributed by atoms with Crippen LogP contribution in [-0.2, 0) is 16.0 Å². The SMILES string of the molecule is NC(=O)[C@@H]1CCCN(C(=O)c2cc(C3CCN(C(=O)Cc4ccccc4)CC3)no2)C1. The van der Waals surface area contributed by atoms with E-state index < -0.39 is 0 Å². The van der Waals surface area contributed by atoms with Gasteiger partial charge in [-0.05, 0) is 31.2 Å². The van der Waals surface area contributed by atoms with Crippen molar-refractivity contribution in [3.05, 3.63) is 53.4 Å². The summed E-state index contributed by atoms with van der Waals surface area (Å²) >= 11 is 0. The summed E-state index contributed by atoms with van der Waals surface area (Å²) in [6.07, 6.45) is 3.44. The lowest BCUT2D eigenvalue weighted by molar-refractivity contribution is -0.131. The van der Waals surface area contributed by atoms with Crippen LogP contribution in [-0.4, -0.2) is 58.9 Å². The maximum atomic E-state index is 12.8. The molecular formula is C23H28N4O4. The average Bonchev–Trinajstić information content (AvgIpc) is 3.30. The highest BCUT2D eigenvalue weighted by Gasteiger charge is 2.31. The van der Waals surface area contributed by atoms with Gasteiger partial charge in [0.25, 0.3) is 5.91 Å². The Kier molecular flexibility index (Phi) is 6.34. The van der Waals surface area contributed by atoms with E-state index in [0.717, 1.165) is 30.5 Å². The summed E-state index contributed by atoms with van der Waals surface area (Å²) in [5.74, 6) is -0.439. The highest BCUT2D eigenvalue weighted by molar-refractivity contribution is 5.92. The van der Waals surface area contributed by atoms with Crippen LogP contribution in [0.1, 0.15) is 53.4 Å². The lowest BCUT2D eigenvalue weighted by atomic mass is 9.93. The minimum absolute atomic E-state index is 0.134. The minimum Gasteiger partial charge on any atom is -0.369 e. The molecule has 8 nitrogen and oxygen atoms in total. The molecule has 3 amide bonds. The smallest absolute Gasteiger partial charge is 0.292 e.